The molecule has 0 saturated heterocycles. The van der Waals surface area contributed by atoms with Crippen LogP contribution in [0.1, 0.15) is 39.0 Å². The minimum atomic E-state index is 0.260. The van der Waals surface area contributed by atoms with Crippen molar-refractivity contribution >= 4 is 0 Å². The van der Waals surface area contributed by atoms with E-state index in [9.17, 15) is 0 Å². The predicted molar refractivity (Wildman–Crippen MR) is 65.1 cm³/mol. The number of rotatable bonds is 9. The van der Waals surface area contributed by atoms with Crippen molar-refractivity contribution in [3.63, 3.8) is 0 Å². The molecule has 15 heavy (non-hydrogen) atoms. The molecule has 0 heterocycles. The lowest BCUT2D eigenvalue weighted by atomic mass is 9.85. The molecule has 1 fully saturated rings. The molecular formula is C13H25NO. The van der Waals surface area contributed by atoms with E-state index in [1.807, 2.05) is 0 Å². The van der Waals surface area contributed by atoms with Gasteiger partial charge in [0.2, 0.25) is 0 Å². The summed E-state index contributed by atoms with van der Waals surface area (Å²) in [6.07, 6.45) is 8.41. The van der Waals surface area contributed by atoms with Crippen molar-refractivity contribution in [3.8, 4) is 0 Å². The predicted octanol–water partition coefficient (Wildman–Crippen LogP) is 2.75. The molecule has 1 N–H and O–H groups in total. The number of unbranched alkanes of at least 4 members (excludes halogenated alkanes) is 1. The third-order valence-corrected chi connectivity index (χ3v) is 3.21. The fraction of sp³-hybridized carbons (Fsp3) is 0.846. The van der Waals surface area contributed by atoms with Crippen LogP contribution in [0.3, 0.4) is 0 Å². The van der Waals surface area contributed by atoms with Gasteiger partial charge in [0.15, 0.2) is 0 Å². The van der Waals surface area contributed by atoms with Gasteiger partial charge in [-0.15, -0.1) is 6.58 Å². The maximum absolute atomic E-state index is 5.06. The van der Waals surface area contributed by atoms with Gasteiger partial charge in [-0.1, -0.05) is 19.4 Å². The minimum absolute atomic E-state index is 0.260. The first kappa shape index (κ1) is 12.7. The van der Waals surface area contributed by atoms with E-state index in [-0.39, 0.29) is 5.41 Å². The lowest BCUT2D eigenvalue weighted by Gasteiger charge is -2.26. The topological polar surface area (TPSA) is 21.3 Å². The Morgan fingerprint density at radius 2 is 2.20 bits per heavy atom. The highest BCUT2D eigenvalue weighted by Crippen LogP contribution is 2.27. The Morgan fingerprint density at radius 3 is 2.73 bits per heavy atom. The molecule has 2 nitrogen and oxygen atoms in total. The molecule has 0 aliphatic heterocycles. The van der Waals surface area contributed by atoms with Crippen molar-refractivity contribution < 1.29 is 4.74 Å². The van der Waals surface area contributed by atoms with E-state index < -0.39 is 0 Å². The van der Waals surface area contributed by atoms with Crippen molar-refractivity contribution in [1.82, 2.24) is 5.32 Å². The van der Waals surface area contributed by atoms with Gasteiger partial charge in [-0.05, 0) is 31.1 Å². The van der Waals surface area contributed by atoms with Gasteiger partial charge < -0.3 is 10.1 Å². The number of ether oxygens (including phenoxy) is 1. The first-order chi connectivity index (χ1) is 7.20. The van der Waals surface area contributed by atoms with Gasteiger partial charge in [0.1, 0.15) is 0 Å². The summed E-state index contributed by atoms with van der Waals surface area (Å²) in [4.78, 5) is 0. The summed E-state index contributed by atoms with van der Waals surface area (Å²) in [7, 11) is 1.77. The van der Waals surface area contributed by atoms with Crippen molar-refractivity contribution in [2.75, 3.05) is 20.3 Å². The highest BCUT2D eigenvalue weighted by atomic mass is 16.5. The van der Waals surface area contributed by atoms with Crippen LogP contribution in [0.15, 0.2) is 12.7 Å². The van der Waals surface area contributed by atoms with Gasteiger partial charge in [0.05, 0.1) is 0 Å². The average molecular weight is 211 g/mol. The van der Waals surface area contributed by atoms with Crippen molar-refractivity contribution in [2.24, 2.45) is 5.41 Å². The second-order valence-corrected chi connectivity index (χ2v) is 4.96. The maximum atomic E-state index is 5.06. The molecule has 0 spiro atoms. The van der Waals surface area contributed by atoms with Gasteiger partial charge >= 0.3 is 0 Å². The average Bonchev–Trinajstić information content (AvgIpc) is 3.06. The Balaban J connectivity index is 2.14. The fourth-order valence-corrected chi connectivity index (χ4v) is 1.70. The maximum Gasteiger partial charge on any atom is 0.0462 e. The molecule has 0 aromatic heterocycles. The van der Waals surface area contributed by atoms with Gasteiger partial charge in [-0.3, -0.25) is 0 Å². The van der Waals surface area contributed by atoms with E-state index in [0.29, 0.717) is 0 Å². The molecule has 1 aliphatic carbocycles. The SMILES string of the molecule is C=CC(C)(CCCCOC)CNC1CC1. The van der Waals surface area contributed by atoms with E-state index in [4.69, 9.17) is 4.74 Å². The summed E-state index contributed by atoms with van der Waals surface area (Å²) in [5.74, 6) is 0. The summed E-state index contributed by atoms with van der Waals surface area (Å²) in [6, 6.07) is 0.795. The largest absolute Gasteiger partial charge is 0.385 e. The summed E-state index contributed by atoms with van der Waals surface area (Å²) < 4.78 is 5.06. The zero-order valence-electron chi connectivity index (χ0n) is 10.2. The molecule has 0 amide bonds. The normalized spacial score (nSPS) is 19.9. The quantitative estimate of drug-likeness (QED) is 0.468. The van der Waals surface area contributed by atoms with Crippen molar-refractivity contribution in [3.05, 3.63) is 12.7 Å². The van der Waals surface area contributed by atoms with E-state index in [1.165, 1.54) is 25.7 Å². The standard InChI is InChI=1S/C13H25NO/c1-4-13(2,9-5-6-10-15-3)11-14-12-7-8-12/h4,12,14H,1,5-11H2,2-3H3. The molecule has 1 saturated carbocycles. The van der Waals surface area contributed by atoms with E-state index in [0.717, 1.165) is 25.6 Å². The van der Waals surface area contributed by atoms with Crippen LogP contribution >= 0.6 is 0 Å². The fourth-order valence-electron chi connectivity index (χ4n) is 1.70. The summed E-state index contributed by atoms with van der Waals surface area (Å²) >= 11 is 0. The lowest BCUT2D eigenvalue weighted by Crippen LogP contribution is -2.31. The smallest absolute Gasteiger partial charge is 0.0462 e. The second-order valence-electron chi connectivity index (χ2n) is 4.96. The molecule has 1 aliphatic rings. The monoisotopic (exact) mass is 211 g/mol. The molecule has 0 aromatic carbocycles. The molecule has 0 radical (unpaired) electrons. The van der Waals surface area contributed by atoms with E-state index >= 15 is 0 Å². The van der Waals surface area contributed by atoms with Crippen LogP contribution in [0.2, 0.25) is 0 Å². The van der Waals surface area contributed by atoms with E-state index in [2.05, 4.69) is 24.9 Å². The summed E-state index contributed by atoms with van der Waals surface area (Å²) in [5.41, 5.74) is 0.260. The first-order valence-corrected chi connectivity index (χ1v) is 6.06. The third kappa shape index (κ3) is 5.33. The molecule has 0 bridgehead atoms. The Hall–Kier alpha value is -0.340. The van der Waals surface area contributed by atoms with Gasteiger partial charge in [-0.25, -0.2) is 0 Å². The summed E-state index contributed by atoms with van der Waals surface area (Å²) in [5, 5.41) is 3.59. The van der Waals surface area contributed by atoms with Crippen LogP contribution in [0.5, 0.6) is 0 Å². The zero-order chi connectivity index (χ0) is 11.1. The number of nitrogens with one attached hydrogen (secondary N) is 1. The van der Waals surface area contributed by atoms with Crippen molar-refractivity contribution in [1.29, 1.82) is 0 Å². The number of hydrogen-bond acceptors (Lipinski definition) is 2. The van der Waals surface area contributed by atoms with Gasteiger partial charge in [0, 0.05) is 26.3 Å². The second kappa shape index (κ2) is 6.29. The molecule has 1 rings (SSSR count). The third-order valence-electron chi connectivity index (χ3n) is 3.21. The molecule has 0 aromatic rings. The Labute approximate surface area is 94.1 Å². The molecule has 2 heteroatoms. The highest BCUT2D eigenvalue weighted by Gasteiger charge is 2.25. The zero-order valence-corrected chi connectivity index (χ0v) is 10.2. The van der Waals surface area contributed by atoms with Crippen LogP contribution in [0, 0.1) is 5.41 Å². The van der Waals surface area contributed by atoms with Gasteiger partial charge in [0.25, 0.3) is 0 Å². The number of hydrogen-bond donors (Lipinski definition) is 1. The van der Waals surface area contributed by atoms with Crippen LogP contribution in [-0.4, -0.2) is 26.3 Å². The Morgan fingerprint density at radius 1 is 1.47 bits per heavy atom. The van der Waals surface area contributed by atoms with Crippen LogP contribution < -0.4 is 5.32 Å². The van der Waals surface area contributed by atoms with Gasteiger partial charge in [-0.2, -0.15) is 0 Å². The number of methoxy groups -OCH3 is 1. The van der Waals surface area contributed by atoms with Crippen LogP contribution in [0.4, 0.5) is 0 Å². The molecular weight excluding hydrogens is 186 g/mol. The minimum Gasteiger partial charge on any atom is -0.385 e. The molecule has 1 unspecified atom stereocenters. The lowest BCUT2D eigenvalue weighted by molar-refractivity contribution is 0.187. The Bertz CT molecular complexity index is 189. The van der Waals surface area contributed by atoms with Crippen molar-refractivity contribution in [2.45, 2.75) is 45.1 Å². The summed E-state index contributed by atoms with van der Waals surface area (Å²) in [6.45, 7) is 8.21. The first-order valence-electron chi connectivity index (χ1n) is 6.06. The highest BCUT2D eigenvalue weighted by molar-refractivity contribution is 4.95. The molecule has 88 valence electrons. The van der Waals surface area contributed by atoms with Crippen LogP contribution in [0.25, 0.3) is 0 Å². The van der Waals surface area contributed by atoms with Crippen LogP contribution in [-0.2, 0) is 4.74 Å². The molecule has 1 atom stereocenters. The Kier molecular flexibility index (Phi) is 5.34. The van der Waals surface area contributed by atoms with E-state index in [1.54, 1.807) is 7.11 Å².